The third-order valence-corrected chi connectivity index (χ3v) is 4.73. The number of amides is 1. The van der Waals surface area contributed by atoms with Crippen molar-refractivity contribution in [3.05, 3.63) is 83.1 Å². The maximum atomic E-state index is 12.1. The SMILES string of the molecule is O=C(Cc1ccc(-c2ccc(OCCBr)cc2Cl)cn1)NCc1ccccc1. The Hall–Kier alpha value is -2.37. The summed E-state index contributed by atoms with van der Waals surface area (Å²) in [5, 5.41) is 4.27. The Morgan fingerprint density at radius 2 is 1.93 bits per heavy atom. The molecule has 0 saturated heterocycles. The van der Waals surface area contributed by atoms with Crippen molar-refractivity contribution < 1.29 is 9.53 Å². The van der Waals surface area contributed by atoms with Gasteiger partial charge in [0.2, 0.25) is 5.91 Å². The summed E-state index contributed by atoms with van der Waals surface area (Å²) in [5.74, 6) is 0.670. The Kier molecular flexibility index (Phi) is 7.46. The van der Waals surface area contributed by atoms with E-state index in [4.69, 9.17) is 16.3 Å². The molecule has 1 amide bonds. The summed E-state index contributed by atoms with van der Waals surface area (Å²) >= 11 is 9.71. The van der Waals surface area contributed by atoms with E-state index >= 15 is 0 Å². The summed E-state index contributed by atoms with van der Waals surface area (Å²) in [5.41, 5.74) is 3.55. The first kappa shape index (κ1) is 20.4. The lowest BCUT2D eigenvalue weighted by atomic mass is 10.1. The van der Waals surface area contributed by atoms with Gasteiger partial charge in [0.05, 0.1) is 18.1 Å². The van der Waals surface area contributed by atoms with Crippen LogP contribution in [0.15, 0.2) is 66.9 Å². The van der Waals surface area contributed by atoms with Gasteiger partial charge in [-0.15, -0.1) is 0 Å². The van der Waals surface area contributed by atoms with Crippen LogP contribution in [-0.2, 0) is 17.8 Å². The van der Waals surface area contributed by atoms with Crippen molar-refractivity contribution in [2.24, 2.45) is 0 Å². The number of aromatic nitrogens is 1. The molecule has 2 aromatic carbocycles. The van der Waals surface area contributed by atoms with E-state index in [0.29, 0.717) is 23.9 Å². The Morgan fingerprint density at radius 1 is 1.11 bits per heavy atom. The van der Waals surface area contributed by atoms with Crippen molar-refractivity contribution in [2.45, 2.75) is 13.0 Å². The number of carbonyl (C=O) groups is 1. The fraction of sp³-hybridized carbons (Fsp3) is 0.182. The van der Waals surface area contributed by atoms with Gasteiger partial charge in [0.15, 0.2) is 0 Å². The quantitative estimate of drug-likeness (QED) is 0.480. The lowest BCUT2D eigenvalue weighted by Crippen LogP contribution is -2.24. The van der Waals surface area contributed by atoms with Crippen LogP contribution in [0.2, 0.25) is 5.02 Å². The zero-order valence-corrected chi connectivity index (χ0v) is 17.5. The van der Waals surface area contributed by atoms with Crippen LogP contribution >= 0.6 is 27.5 Å². The normalized spacial score (nSPS) is 10.5. The Labute approximate surface area is 178 Å². The highest BCUT2D eigenvalue weighted by Gasteiger charge is 2.08. The minimum atomic E-state index is -0.0598. The molecule has 0 bridgehead atoms. The van der Waals surface area contributed by atoms with Crippen LogP contribution in [0.5, 0.6) is 5.75 Å². The fourth-order valence-electron chi connectivity index (χ4n) is 2.69. The highest BCUT2D eigenvalue weighted by Crippen LogP contribution is 2.31. The number of halogens is 2. The Balaban J connectivity index is 1.59. The third-order valence-electron chi connectivity index (χ3n) is 4.10. The van der Waals surface area contributed by atoms with Gasteiger partial charge in [-0.25, -0.2) is 0 Å². The standard InChI is InChI=1S/C22H20BrClN2O2/c23-10-11-28-19-8-9-20(21(24)13-19)17-6-7-18(25-15-17)12-22(27)26-14-16-4-2-1-3-5-16/h1-9,13,15H,10-12,14H2,(H,26,27). The number of hydrogen-bond donors (Lipinski definition) is 1. The number of rotatable bonds is 8. The molecule has 0 atom stereocenters. The molecule has 1 aromatic heterocycles. The van der Waals surface area contributed by atoms with Crippen LogP contribution in [0.25, 0.3) is 11.1 Å². The van der Waals surface area contributed by atoms with Gasteiger partial charge >= 0.3 is 0 Å². The number of nitrogens with one attached hydrogen (secondary N) is 1. The van der Waals surface area contributed by atoms with E-state index in [-0.39, 0.29) is 12.3 Å². The smallest absolute Gasteiger partial charge is 0.226 e. The van der Waals surface area contributed by atoms with E-state index < -0.39 is 0 Å². The van der Waals surface area contributed by atoms with E-state index in [2.05, 4.69) is 26.2 Å². The van der Waals surface area contributed by atoms with E-state index in [1.54, 1.807) is 12.3 Å². The lowest BCUT2D eigenvalue weighted by Gasteiger charge is -2.09. The van der Waals surface area contributed by atoms with Crippen LogP contribution in [0.1, 0.15) is 11.3 Å². The minimum absolute atomic E-state index is 0.0598. The third kappa shape index (κ3) is 5.81. The first-order valence-corrected chi connectivity index (χ1v) is 10.4. The number of benzene rings is 2. The maximum Gasteiger partial charge on any atom is 0.226 e. The molecule has 144 valence electrons. The molecule has 6 heteroatoms. The van der Waals surface area contributed by atoms with Crippen molar-refractivity contribution in [3.8, 4) is 16.9 Å². The summed E-state index contributed by atoms with van der Waals surface area (Å²) in [7, 11) is 0. The summed E-state index contributed by atoms with van der Waals surface area (Å²) in [4.78, 5) is 16.5. The topological polar surface area (TPSA) is 51.2 Å². The van der Waals surface area contributed by atoms with Crippen LogP contribution in [0.4, 0.5) is 0 Å². The van der Waals surface area contributed by atoms with E-state index in [1.165, 1.54) is 0 Å². The van der Waals surface area contributed by atoms with Gasteiger partial charge in [-0.3, -0.25) is 9.78 Å². The van der Waals surface area contributed by atoms with Crippen molar-refractivity contribution in [1.29, 1.82) is 0 Å². The average Bonchev–Trinajstić information content (AvgIpc) is 2.72. The van der Waals surface area contributed by atoms with Gasteiger partial charge in [-0.2, -0.15) is 0 Å². The lowest BCUT2D eigenvalue weighted by molar-refractivity contribution is -0.120. The van der Waals surface area contributed by atoms with Crippen molar-refractivity contribution in [2.75, 3.05) is 11.9 Å². The first-order chi connectivity index (χ1) is 13.7. The number of ether oxygens (including phenoxy) is 1. The first-order valence-electron chi connectivity index (χ1n) is 8.90. The van der Waals surface area contributed by atoms with Gasteiger partial charge < -0.3 is 10.1 Å². The Morgan fingerprint density at radius 3 is 2.61 bits per heavy atom. The van der Waals surface area contributed by atoms with Gasteiger partial charge in [0.25, 0.3) is 0 Å². The highest BCUT2D eigenvalue weighted by atomic mass is 79.9. The van der Waals surface area contributed by atoms with Crippen molar-refractivity contribution in [3.63, 3.8) is 0 Å². The van der Waals surface area contributed by atoms with Crippen LogP contribution < -0.4 is 10.1 Å². The molecule has 0 aliphatic heterocycles. The molecule has 1 N–H and O–H groups in total. The molecule has 1 heterocycles. The molecule has 0 spiro atoms. The number of nitrogens with zero attached hydrogens (tertiary/aromatic N) is 1. The van der Waals surface area contributed by atoms with Gasteiger partial charge in [0.1, 0.15) is 5.75 Å². The molecule has 0 unspecified atom stereocenters. The summed E-state index contributed by atoms with van der Waals surface area (Å²) in [6.07, 6.45) is 1.97. The van der Waals surface area contributed by atoms with Crippen molar-refractivity contribution >= 4 is 33.4 Å². The maximum absolute atomic E-state index is 12.1. The second kappa shape index (κ2) is 10.2. The highest BCUT2D eigenvalue weighted by molar-refractivity contribution is 9.09. The fourth-order valence-corrected chi connectivity index (χ4v) is 3.13. The van der Waals surface area contributed by atoms with E-state index in [9.17, 15) is 4.79 Å². The predicted octanol–water partition coefficient (Wildman–Crippen LogP) is 5.03. The zero-order chi connectivity index (χ0) is 19.8. The van der Waals surface area contributed by atoms with Gasteiger partial charge in [0, 0.05) is 34.9 Å². The van der Waals surface area contributed by atoms with Crippen molar-refractivity contribution in [1.82, 2.24) is 10.3 Å². The number of pyridine rings is 1. The molecule has 0 aliphatic carbocycles. The second-order valence-corrected chi connectivity index (χ2v) is 7.36. The average molecular weight is 460 g/mol. The Bertz CT molecular complexity index is 918. The molecular weight excluding hydrogens is 440 g/mol. The van der Waals surface area contributed by atoms with E-state index in [0.717, 1.165) is 27.8 Å². The molecule has 3 rings (SSSR count). The molecule has 3 aromatic rings. The molecule has 4 nitrogen and oxygen atoms in total. The summed E-state index contributed by atoms with van der Waals surface area (Å²) in [6, 6.07) is 19.2. The van der Waals surface area contributed by atoms with Gasteiger partial charge in [-0.1, -0.05) is 63.9 Å². The minimum Gasteiger partial charge on any atom is -0.493 e. The van der Waals surface area contributed by atoms with Gasteiger partial charge in [-0.05, 0) is 29.8 Å². The summed E-state index contributed by atoms with van der Waals surface area (Å²) in [6.45, 7) is 1.09. The predicted molar refractivity (Wildman–Crippen MR) is 116 cm³/mol. The largest absolute Gasteiger partial charge is 0.493 e. The number of alkyl halides is 1. The second-order valence-electron chi connectivity index (χ2n) is 6.16. The molecule has 28 heavy (non-hydrogen) atoms. The molecular formula is C22H20BrClN2O2. The summed E-state index contributed by atoms with van der Waals surface area (Å²) < 4.78 is 5.55. The molecule has 0 radical (unpaired) electrons. The van der Waals surface area contributed by atoms with E-state index in [1.807, 2.05) is 54.6 Å². The molecule has 0 aliphatic rings. The zero-order valence-electron chi connectivity index (χ0n) is 15.2. The number of carbonyl (C=O) groups excluding carboxylic acids is 1. The molecule has 0 saturated carbocycles. The monoisotopic (exact) mass is 458 g/mol. The number of hydrogen-bond acceptors (Lipinski definition) is 3. The van der Waals surface area contributed by atoms with Crippen LogP contribution in [0, 0.1) is 0 Å². The van der Waals surface area contributed by atoms with Crippen LogP contribution in [-0.4, -0.2) is 22.8 Å². The van der Waals surface area contributed by atoms with Crippen LogP contribution in [0.3, 0.4) is 0 Å². The molecule has 0 fully saturated rings.